The average Bonchev–Trinajstić information content (AvgIpc) is 3.04. The molecule has 0 amide bonds. The van der Waals surface area contributed by atoms with Crippen LogP contribution in [0.3, 0.4) is 0 Å². The molecule has 3 rings (SSSR count). The van der Waals surface area contributed by atoms with E-state index in [1.165, 1.54) is 5.56 Å². The van der Waals surface area contributed by atoms with Gasteiger partial charge in [-0.1, -0.05) is 36.3 Å². The van der Waals surface area contributed by atoms with Crippen molar-refractivity contribution < 1.29 is 4.52 Å². The van der Waals surface area contributed by atoms with Gasteiger partial charge in [0.1, 0.15) is 5.69 Å². The number of aryl methyl sites for hydroxylation is 2. The maximum atomic E-state index is 5.40. The van der Waals surface area contributed by atoms with Crippen molar-refractivity contribution in [3.05, 3.63) is 41.6 Å². The Morgan fingerprint density at radius 1 is 1.08 bits per heavy atom. The summed E-state index contributed by atoms with van der Waals surface area (Å²) in [4.78, 5) is 13.3. The topological polar surface area (TPSA) is 76.7 Å². The van der Waals surface area contributed by atoms with Crippen molar-refractivity contribution in [2.75, 3.05) is 5.32 Å². The number of hydrogen-bond donors (Lipinski definition) is 1. The zero-order valence-corrected chi connectivity index (χ0v) is 14.4. The second-order valence-corrected chi connectivity index (χ2v) is 5.99. The SMILES string of the molecule is CCc1ccc(-c2noc(-c3cc(C)nc(NC(C)C)n3)n2)cc1. The standard InChI is InChI=1S/C18H21N5O/c1-5-13-6-8-14(9-7-13)16-22-17(24-23-16)15-10-12(4)20-18(21-15)19-11(2)3/h6-11H,5H2,1-4H3,(H,19,20,21). The monoisotopic (exact) mass is 323 g/mol. The van der Waals surface area contributed by atoms with Crippen LogP contribution >= 0.6 is 0 Å². The van der Waals surface area contributed by atoms with Gasteiger partial charge in [-0.25, -0.2) is 9.97 Å². The Morgan fingerprint density at radius 2 is 1.83 bits per heavy atom. The highest BCUT2D eigenvalue weighted by molar-refractivity contribution is 5.59. The van der Waals surface area contributed by atoms with Gasteiger partial charge < -0.3 is 9.84 Å². The number of hydrogen-bond acceptors (Lipinski definition) is 6. The van der Waals surface area contributed by atoms with Crippen molar-refractivity contribution in [3.8, 4) is 23.0 Å². The summed E-state index contributed by atoms with van der Waals surface area (Å²) in [5.41, 5.74) is 3.66. The zero-order valence-electron chi connectivity index (χ0n) is 14.4. The average molecular weight is 323 g/mol. The van der Waals surface area contributed by atoms with Crippen molar-refractivity contribution in [1.82, 2.24) is 20.1 Å². The van der Waals surface area contributed by atoms with Gasteiger partial charge in [-0.15, -0.1) is 0 Å². The predicted molar refractivity (Wildman–Crippen MR) is 93.6 cm³/mol. The van der Waals surface area contributed by atoms with Gasteiger partial charge in [0, 0.05) is 17.3 Å². The summed E-state index contributed by atoms with van der Waals surface area (Å²) in [7, 11) is 0. The first kappa shape index (κ1) is 16.1. The molecule has 0 spiro atoms. The molecule has 1 aromatic carbocycles. The van der Waals surface area contributed by atoms with Gasteiger partial charge in [0.25, 0.3) is 5.89 Å². The fourth-order valence-electron chi connectivity index (χ4n) is 2.34. The van der Waals surface area contributed by atoms with Crippen LogP contribution in [-0.2, 0) is 6.42 Å². The molecule has 124 valence electrons. The van der Waals surface area contributed by atoms with Crippen LogP contribution in [0.25, 0.3) is 23.0 Å². The molecule has 24 heavy (non-hydrogen) atoms. The highest BCUT2D eigenvalue weighted by Gasteiger charge is 2.14. The Kier molecular flexibility index (Phi) is 4.55. The summed E-state index contributed by atoms with van der Waals surface area (Å²) < 4.78 is 5.40. The van der Waals surface area contributed by atoms with Crippen LogP contribution in [0, 0.1) is 6.92 Å². The van der Waals surface area contributed by atoms with Crippen molar-refractivity contribution in [3.63, 3.8) is 0 Å². The number of nitrogens with zero attached hydrogens (tertiary/aromatic N) is 4. The molecule has 0 atom stereocenters. The lowest BCUT2D eigenvalue weighted by molar-refractivity contribution is 0.431. The van der Waals surface area contributed by atoms with Crippen molar-refractivity contribution in [1.29, 1.82) is 0 Å². The molecule has 0 bridgehead atoms. The highest BCUT2D eigenvalue weighted by Crippen LogP contribution is 2.22. The van der Waals surface area contributed by atoms with E-state index in [2.05, 4.69) is 44.5 Å². The van der Waals surface area contributed by atoms with Gasteiger partial charge in [0.2, 0.25) is 11.8 Å². The Morgan fingerprint density at radius 3 is 2.50 bits per heavy atom. The summed E-state index contributed by atoms with van der Waals surface area (Å²) >= 11 is 0. The molecule has 6 heteroatoms. The third-order valence-electron chi connectivity index (χ3n) is 3.54. The van der Waals surface area contributed by atoms with Crippen LogP contribution in [0.4, 0.5) is 5.95 Å². The molecule has 0 saturated heterocycles. The summed E-state index contributed by atoms with van der Waals surface area (Å²) in [6, 6.07) is 10.2. The van der Waals surface area contributed by atoms with Gasteiger partial charge in [-0.2, -0.15) is 4.98 Å². The van der Waals surface area contributed by atoms with E-state index in [0.29, 0.717) is 23.4 Å². The van der Waals surface area contributed by atoms with Gasteiger partial charge in [-0.3, -0.25) is 0 Å². The number of anilines is 1. The van der Waals surface area contributed by atoms with E-state index in [9.17, 15) is 0 Å². The molecule has 0 aliphatic heterocycles. The predicted octanol–water partition coefficient (Wildman–Crippen LogP) is 3.88. The van der Waals surface area contributed by atoms with E-state index in [-0.39, 0.29) is 6.04 Å². The van der Waals surface area contributed by atoms with Gasteiger partial charge in [0.15, 0.2) is 0 Å². The molecule has 6 nitrogen and oxygen atoms in total. The first-order chi connectivity index (χ1) is 11.5. The smallest absolute Gasteiger partial charge is 0.277 e. The molecule has 0 aliphatic rings. The third-order valence-corrected chi connectivity index (χ3v) is 3.54. The number of aromatic nitrogens is 4. The van der Waals surface area contributed by atoms with Crippen LogP contribution < -0.4 is 5.32 Å². The second-order valence-electron chi connectivity index (χ2n) is 5.99. The van der Waals surface area contributed by atoms with Crippen molar-refractivity contribution >= 4 is 5.95 Å². The zero-order chi connectivity index (χ0) is 17.1. The number of nitrogens with one attached hydrogen (secondary N) is 1. The molecule has 0 fully saturated rings. The van der Waals surface area contributed by atoms with E-state index in [0.717, 1.165) is 17.7 Å². The van der Waals surface area contributed by atoms with Crippen LogP contribution in [0.5, 0.6) is 0 Å². The Hall–Kier alpha value is -2.76. The quantitative estimate of drug-likeness (QED) is 0.767. The van der Waals surface area contributed by atoms with Gasteiger partial charge >= 0.3 is 0 Å². The minimum Gasteiger partial charge on any atom is -0.352 e. The summed E-state index contributed by atoms with van der Waals surface area (Å²) in [5.74, 6) is 1.51. The number of rotatable bonds is 5. The van der Waals surface area contributed by atoms with Crippen LogP contribution in [0.1, 0.15) is 32.0 Å². The van der Waals surface area contributed by atoms with Gasteiger partial charge in [0.05, 0.1) is 0 Å². The Balaban J connectivity index is 1.91. The summed E-state index contributed by atoms with van der Waals surface area (Å²) in [6.07, 6.45) is 1.00. The highest BCUT2D eigenvalue weighted by atomic mass is 16.5. The van der Waals surface area contributed by atoms with E-state index >= 15 is 0 Å². The van der Waals surface area contributed by atoms with Crippen molar-refractivity contribution in [2.45, 2.75) is 40.2 Å². The largest absolute Gasteiger partial charge is 0.352 e. The fraction of sp³-hybridized carbons (Fsp3) is 0.333. The van der Waals surface area contributed by atoms with Crippen LogP contribution in [-0.4, -0.2) is 26.2 Å². The molecule has 3 aromatic rings. The molecule has 2 aromatic heterocycles. The minimum atomic E-state index is 0.245. The maximum absolute atomic E-state index is 5.40. The third kappa shape index (κ3) is 3.59. The normalized spacial score (nSPS) is 11.0. The first-order valence-corrected chi connectivity index (χ1v) is 8.10. The van der Waals surface area contributed by atoms with E-state index in [1.807, 2.05) is 39.0 Å². The number of benzene rings is 1. The van der Waals surface area contributed by atoms with Crippen molar-refractivity contribution in [2.24, 2.45) is 0 Å². The molecule has 0 saturated carbocycles. The lowest BCUT2D eigenvalue weighted by Gasteiger charge is -2.09. The minimum absolute atomic E-state index is 0.245. The van der Waals surface area contributed by atoms with E-state index in [4.69, 9.17) is 4.52 Å². The molecule has 0 radical (unpaired) electrons. The van der Waals surface area contributed by atoms with Crippen LogP contribution in [0.2, 0.25) is 0 Å². The second kappa shape index (κ2) is 6.78. The molecule has 0 unspecified atom stereocenters. The first-order valence-electron chi connectivity index (χ1n) is 8.10. The van der Waals surface area contributed by atoms with Gasteiger partial charge in [-0.05, 0) is 38.8 Å². The maximum Gasteiger partial charge on any atom is 0.277 e. The molecule has 0 aliphatic carbocycles. The lowest BCUT2D eigenvalue weighted by Crippen LogP contribution is -2.13. The molecular weight excluding hydrogens is 302 g/mol. The van der Waals surface area contributed by atoms with Crippen LogP contribution in [0.15, 0.2) is 34.9 Å². The molecule has 1 N–H and O–H groups in total. The molecular formula is C18H21N5O. The molecule has 2 heterocycles. The summed E-state index contributed by atoms with van der Waals surface area (Å²) in [5, 5.41) is 7.27. The summed E-state index contributed by atoms with van der Waals surface area (Å²) in [6.45, 7) is 8.12. The Bertz CT molecular complexity index is 824. The van der Waals surface area contributed by atoms with E-state index < -0.39 is 0 Å². The fourth-order valence-corrected chi connectivity index (χ4v) is 2.34. The van der Waals surface area contributed by atoms with E-state index in [1.54, 1.807) is 0 Å². The lowest BCUT2D eigenvalue weighted by atomic mass is 10.1. The Labute approximate surface area is 141 Å².